The van der Waals surface area contributed by atoms with E-state index in [1.165, 1.54) is 43.2 Å². The summed E-state index contributed by atoms with van der Waals surface area (Å²) in [5.74, 6) is 1.83. The first-order valence-corrected chi connectivity index (χ1v) is 11.1. The average Bonchev–Trinajstić information content (AvgIpc) is 2.74. The molecule has 1 aromatic rings. The Morgan fingerprint density at radius 3 is 2.29 bits per heavy atom. The zero-order chi connectivity index (χ0) is 19.8. The largest absolute Gasteiger partial charge is 0.393 e. The van der Waals surface area contributed by atoms with Crippen LogP contribution in [0.5, 0.6) is 0 Å². The summed E-state index contributed by atoms with van der Waals surface area (Å²) in [6, 6.07) is 9.43. The molecule has 2 fully saturated rings. The number of aliphatic hydroxyl groups is 1. The molecule has 3 rings (SSSR count). The molecule has 156 valence electrons. The fourth-order valence-corrected chi connectivity index (χ4v) is 4.39. The van der Waals surface area contributed by atoms with Gasteiger partial charge < -0.3 is 15.7 Å². The maximum Gasteiger partial charge on any atom is 0.191 e. The second-order valence-electron chi connectivity index (χ2n) is 8.52. The average molecular weight is 387 g/mol. The molecule has 0 aromatic heterocycles. The van der Waals surface area contributed by atoms with E-state index in [9.17, 15) is 5.11 Å². The number of likely N-dealkylation sites (tertiary alicyclic amines) is 1. The minimum absolute atomic E-state index is 0.102. The van der Waals surface area contributed by atoms with Crippen LogP contribution in [0.2, 0.25) is 0 Å². The zero-order valence-electron chi connectivity index (χ0n) is 17.7. The van der Waals surface area contributed by atoms with Crippen molar-refractivity contribution in [2.24, 2.45) is 10.9 Å². The normalized spacial score (nSPS) is 24.9. The minimum Gasteiger partial charge on any atom is -0.393 e. The van der Waals surface area contributed by atoms with Crippen molar-refractivity contribution in [2.45, 2.75) is 77.1 Å². The number of aliphatic hydroxyl groups excluding tert-OH is 1. The Balaban J connectivity index is 1.41. The summed E-state index contributed by atoms with van der Waals surface area (Å²) < 4.78 is 0. The van der Waals surface area contributed by atoms with Crippen LogP contribution in [0, 0.1) is 5.92 Å². The molecule has 0 unspecified atom stereocenters. The summed E-state index contributed by atoms with van der Waals surface area (Å²) in [5, 5.41) is 16.7. The van der Waals surface area contributed by atoms with E-state index < -0.39 is 0 Å². The second-order valence-corrected chi connectivity index (χ2v) is 8.52. The van der Waals surface area contributed by atoms with Gasteiger partial charge in [-0.2, -0.15) is 0 Å². The Bertz CT molecular complexity index is 600. The summed E-state index contributed by atoms with van der Waals surface area (Å²) in [5.41, 5.74) is 2.62. The first kappa shape index (κ1) is 21.1. The van der Waals surface area contributed by atoms with E-state index >= 15 is 0 Å². The maximum atomic E-state index is 9.63. The first-order chi connectivity index (χ1) is 13.7. The highest BCUT2D eigenvalue weighted by Gasteiger charge is 2.20. The van der Waals surface area contributed by atoms with Gasteiger partial charge in [0.25, 0.3) is 0 Å². The van der Waals surface area contributed by atoms with E-state index in [2.05, 4.69) is 51.7 Å². The molecule has 28 heavy (non-hydrogen) atoms. The number of piperidine rings is 1. The summed E-state index contributed by atoms with van der Waals surface area (Å²) in [6.07, 6.45) is 8.18. The van der Waals surface area contributed by atoms with Crippen LogP contribution in [-0.4, -0.2) is 48.2 Å². The Hall–Kier alpha value is -1.59. The third kappa shape index (κ3) is 6.49. The standard InChI is InChI=1S/C23H38N4O/c1-3-18-8-10-21(11-9-18)26-23(24-2)25-16-19-4-6-20(7-5-19)17-27-14-12-22(28)13-15-27/h4-7,18,21-22,28H,3,8-17H2,1-2H3,(H2,24,25,26). The highest BCUT2D eigenvalue weighted by Crippen LogP contribution is 2.26. The van der Waals surface area contributed by atoms with Gasteiger partial charge in [0, 0.05) is 39.3 Å². The predicted molar refractivity (Wildman–Crippen MR) is 116 cm³/mol. The zero-order valence-corrected chi connectivity index (χ0v) is 17.7. The highest BCUT2D eigenvalue weighted by atomic mass is 16.3. The van der Waals surface area contributed by atoms with Crippen LogP contribution in [0.25, 0.3) is 0 Å². The van der Waals surface area contributed by atoms with E-state index in [0.29, 0.717) is 6.04 Å². The van der Waals surface area contributed by atoms with Gasteiger partial charge in [-0.05, 0) is 55.6 Å². The van der Waals surface area contributed by atoms with Gasteiger partial charge in [0.1, 0.15) is 0 Å². The molecule has 1 aliphatic heterocycles. The van der Waals surface area contributed by atoms with E-state index in [1.54, 1.807) is 0 Å². The topological polar surface area (TPSA) is 59.9 Å². The molecule has 1 saturated carbocycles. The van der Waals surface area contributed by atoms with Crippen molar-refractivity contribution in [2.75, 3.05) is 20.1 Å². The van der Waals surface area contributed by atoms with E-state index in [0.717, 1.165) is 50.9 Å². The maximum absolute atomic E-state index is 9.63. The Morgan fingerprint density at radius 2 is 1.68 bits per heavy atom. The SMILES string of the molecule is CCC1CCC(NC(=NC)NCc2ccc(CN3CCC(O)CC3)cc2)CC1. The van der Waals surface area contributed by atoms with Crippen molar-refractivity contribution < 1.29 is 5.11 Å². The summed E-state index contributed by atoms with van der Waals surface area (Å²) in [7, 11) is 1.85. The molecule has 1 aliphatic carbocycles. The fraction of sp³-hybridized carbons (Fsp3) is 0.696. The second kappa shape index (κ2) is 10.8. The quantitative estimate of drug-likeness (QED) is 0.519. The summed E-state index contributed by atoms with van der Waals surface area (Å²) >= 11 is 0. The molecule has 0 radical (unpaired) electrons. The molecule has 3 N–H and O–H groups in total. The van der Waals surface area contributed by atoms with Crippen molar-refractivity contribution in [3.05, 3.63) is 35.4 Å². The smallest absolute Gasteiger partial charge is 0.191 e. The van der Waals surface area contributed by atoms with Gasteiger partial charge in [0.2, 0.25) is 0 Å². The number of nitrogens with zero attached hydrogens (tertiary/aromatic N) is 2. The van der Waals surface area contributed by atoms with Crippen molar-refractivity contribution in [3.63, 3.8) is 0 Å². The van der Waals surface area contributed by atoms with Crippen LogP contribution in [-0.2, 0) is 13.1 Å². The van der Waals surface area contributed by atoms with Crippen LogP contribution in [0.4, 0.5) is 0 Å². The Labute approximate surface area is 170 Å². The molecule has 1 heterocycles. The number of aliphatic imine (C=N–C) groups is 1. The van der Waals surface area contributed by atoms with Gasteiger partial charge in [-0.3, -0.25) is 9.89 Å². The van der Waals surface area contributed by atoms with Gasteiger partial charge in [0.15, 0.2) is 5.96 Å². The van der Waals surface area contributed by atoms with E-state index in [4.69, 9.17) is 0 Å². The monoisotopic (exact) mass is 386 g/mol. The molecule has 1 saturated heterocycles. The van der Waals surface area contributed by atoms with Crippen LogP contribution in [0.3, 0.4) is 0 Å². The fourth-order valence-electron chi connectivity index (χ4n) is 4.39. The van der Waals surface area contributed by atoms with Crippen LogP contribution >= 0.6 is 0 Å². The number of hydrogen-bond donors (Lipinski definition) is 3. The molecule has 0 amide bonds. The molecular weight excluding hydrogens is 348 g/mol. The van der Waals surface area contributed by atoms with Gasteiger partial charge in [-0.25, -0.2) is 0 Å². The third-order valence-corrected chi connectivity index (χ3v) is 6.43. The lowest BCUT2D eigenvalue weighted by Crippen LogP contribution is -2.44. The van der Waals surface area contributed by atoms with Crippen molar-refractivity contribution in [1.29, 1.82) is 0 Å². The summed E-state index contributed by atoms with van der Waals surface area (Å²) in [4.78, 5) is 6.83. The van der Waals surface area contributed by atoms with Crippen LogP contribution in [0.15, 0.2) is 29.3 Å². The van der Waals surface area contributed by atoms with Crippen molar-refractivity contribution in [1.82, 2.24) is 15.5 Å². The molecule has 0 atom stereocenters. The number of hydrogen-bond acceptors (Lipinski definition) is 3. The molecule has 2 aliphatic rings. The van der Waals surface area contributed by atoms with Gasteiger partial charge in [-0.15, -0.1) is 0 Å². The highest BCUT2D eigenvalue weighted by molar-refractivity contribution is 5.79. The number of benzene rings is 1. The number of nitrogens with one attached hydrogen (secondary N) is 2. The van der Waals surface area contributed by atoms with Crippen molar-refractivity contribution in [3.8, 4) is 0 Å². The number of rotatable bonds is 6. The van der Waals surface area contributed by atoms with Crippen molar-refractivity contribution >= 4 is 5.96 Å². The Morgan fingerprint density at radius 1 is 1.04 bits per heavy atom. The minimum atomic E-state index is -0.102. The molecule has 5 nitrogen and oxygen atoms in total. The van der Waals surface area contributed by atoms with Gasteiger partial charge >= 0.3 is 0 Å². The van der Waals surface area contributed by atoms with E-state index in [-0.39, 0.29) is 6.10 Å². The lowest BCUT2D eigenvalue weighted by Gasteiger charge is -2.29. The third-order valence-electron chi connectivity index (χ3n) is 6.43. The van der Waals surface area contributed by atoms with E-state index in [1.807, 2.05) is 7.05 Å². The predicted octanol–water partition coefficient (Wildman–Crippen LogP) is 3.28. The molecule has 0 spiro atoms. The van der Waals surface area contributed by atoms with Crippen LogP contribution in [0.1, 0.15) is 63.0 Å². The molecule has 5 heteroatoms. The Kier molecular flexibility index (Phi) is 8.16. The van der Waals surface area contributed by atoms with Crippen LogP contribution < -0.4 is 10.6 Å². The first-order valence-electron chi connectivity index (χ1n) is 11.1. The number of guanidine groups is 1. The summed E-state index contributed by atoms with van der Waals surface area (Å²) in [6.45, 7) is 6.06. The lowest BCUT2D eigenvalue weighted by molar-refractivity contribution is 0.0792. The molecular formula is C23H38N4O. The molecule has 0 bridgehead atoms. The van der Waals surface area contributed by atoms with Gasteiger partial charge in [0.05, 0.1) is 6.10 Å². The van der Waals surface area contributed by atoms with Gasteiger partial charge in [-0.1, -0.05) is 37.6 Å². The molecule has 1 aromatic carbocycles. The lowest BCUT2D eigenvalue weighted by atomic mass is 9.84.